The minimum absolute atomic E-state index is 0.178. The van der Waals surface area contributed by atoms with Crippen LogP contribution in [0.25, 0.3) is 5.57 Å². The Hall–Kier alpha value is -2.66. The van der Waals surface area contributed by atoms with Gasteiger partial charge in [-0.1, -0.05) is 42.4 Å². The predicted octanol–water partition coefficient (Wildman–Crippen LogP) is 5.46. The third-order valence-electron chi connectivity index (χ3n) is 3.30. The first-order valence-electron chi connectivity index (χ1n) is 7.87. The van der Waals surface area contributed by atoms with Crippen molar-refractivity contribution in [3.05, 3.63) is 71.5 Å². The summed E-state index contributed by atoms with van der Waals surface area (Å²) in [6.07, 6.45) is -0.723. The molecule has 0 spiro atoms. The van der Waals surface area contributed by atoms with E-state index >= 15 is 0 Å². The average Bonchev–Trinajstić information content (AvgIpc) is 2.78. The fourth-order valence-electron chi connectivity index (χ4n) is 2.21. The van der Waals surface area contributed by atoms with E-state index in [1.165, 1.54) is 12.1 Å². The molecular formula is C20H19ClFNO3. The minimum Gasteiger partial charge on any atom is -0.443 e. The van der Waals surface area contributed by atoms with Crippen LogP contribution in [0, 0.1) is 5.82 Å². The van der Waals surface area contributed by atoms with Gasteiger partial charge < -0.3 is 4.74 Å². The molecule has 0 aromatic heterocycles. The maximum Gasteiger partial charge on any atom is 0.422 e. The Labute approximate surface area is 156 Å². The maximum absolute atomic E-state index is 12.1. The summed E-state index contributed by atoms with van der Waals surface area (Å²) in [6.45, 7) is 8.90. The van der Waals surface area contributed by atoms with Crippen molar-refractivity contribution in [1.82, 2.24) is 0 Å². The van der Waals surface area contributed by atoms with Crippen molar-refractivity contribution in [2.75, 3.05) is 4.90 Å². The smallest absolute Gasteiger partial charge is 0.422 e. The normalized spacial score (nSPS) is 13.0. The van der Waals surface area contributed by atoms with E-state index < -0.39 is 17.6 Å². The first-order valence-corrected chi connectivity index (χ1v) is 8.25. The monoisotopic (exact) mass is 375 g/mol. The van der Waals surface area contributed by atoms with Crippen LogP contribution >= 0.6 is 11.6 Å². The number of fused-ring (bicyclic) bond motifs is 1. The van der Waals surface area contributed by atoms with E-state index in [9.17, 15) is 14.0 Å². The van der Waals surface area contributed by atoms with E-state index in [-0.39, 0.29) is 11.4 Å². The van der Waals surface area contributed by atoms with Gasteiger partial charge in [0.25, 0.3) is 5.91 Å². The number of halogens is 2. The van der Waals surface area contributed by atoms with Crippen LogP contribution in [0.1, 0.15) is 26.3 Å². The molecular weight excluding hydrogens is 357 g/mol. The Bertz CT molecular complexity index is 844. The lowest BCUT2D eigenvalue weighted by Gasteiger charge is -2.23. The van der Waals surface area contributed by atoms with Crippen molar-refractivity contribution in [3.63, 3.8) is 0 Å². The summed E-state index contributed by atoms with van der Waals surface area (Å²) in [5.74, 6) is -0.658. The molecule has 0 atom stereocenters. The first kappa shape index (κ1) is 19.7. The number of benzene rings is 2. The quantitative estimate of drug-likeness (QED) is 0.574. The molecule has 2 aromatic carbocycles. The molecule has 0 fully saturated rings. The number of nitrogens with zero attached hydrogens (tertiary/aromatic N) is 1. The van der Waals surface area contributed by atoms with Crippen LogP contribution in [-0.2, 0) is 9.53 Å². The van der Waals surface area contributed by atoms with E-state index in [4.69, 9.17) is 16.3 Å². The van der Waals surface area contributed by atoms with Gasteiger partial charge in [-0.15, -0.1) is 0 Å². The summed E-state index contributed by atoms with van der Waals surface area (Å²) < 4.78 is 17.1. The summed E-state index contributed by atoms with van der Waals surface area (Å²) in [6, 6.07) is 12.8. The lowest BCUT2D eigenvalue weighted by Crippen LogP contribution is -2.38. The molecule has 6 heteroatoms. The molecule has 1 aliphatic rings. The highest BCUT2D eigenvalue weighted by Gasteiger charge is 2.38. The van der Waals surface area contributed by atoms with Crippen LogP contribution in [0.5, 0.6) is 0 Å². The number of ether oxygens (including phenoxy) is 1. The fourth-order valence-corrected chi connectivity index (χ4v) is 2.37. The molecule has 0 bridgehead atoms. The Balaban J connectivity index is 0.000000290. The van der Waals surface area contributed by atoms with Crippen molar-refractivity contribution in [1.29, 1.82) is 0 Å². The predicted molar refractivity (Wildman–Crippen MR) is 101 cm³/mol. The SMILES string of the molecule is C=C1C(=O)N(C(=O)OC(C)(C)C)c2cc(Cl)ccc21.Fc1ccccc1. The van der Waals surface area contributed by atoms with Crippen LogP contribution < -0.4 is 4.90 Å². The minimum atomic E-state index is -0.723. The van der Waals surface area contributed by atoms with Crippen molar-refractivity contribution in [2.24, 2.45) is 0 Å². The Morgan fingerprint density at radius 2 is 1.77 bits per heavy atom. The molecule has 2 amide bonds. The van der Waals surface area contributed by atoms with Gasteiger partial charge in [-0.05, 0) is 45.0 Å². The third kappa shape index (κ3) is 4.70. The molecule has 0 N–H and O–H groups in total. The average molecular weight is 376 g/mol. The second kappa shape index (κ2) is 7.70. The molecule has 4 nitrogen and oxygen atoms in total. The second-order valence-corrected chi connectivity index (χ2v) is 6.99. The Morgan fingerprint density at radius 1 is 1.15 bits per heavy atom. The van der Waals surface area contributed by atoms with Gasteiger partial charge in [-0.2, -0.15) is 0 Å². The van der Waals surface area contributed by atoms with E-state index in [0.29, 0.717) is 16.3 Å². The molecule has 26 heavy (non-hydrogen) atoms. The van der Waals surface area contributed by atoms with Gasteiger partial charge in [-0.3, -0.25) is 4.79 Å². The number of rotatable bonds is 0. The van der Waals surface area contributed by atoms with E-state index in [1.54, 1.807) is 57.2 Å². The highest BCUT2D eigenvalue weighted by Crippen LogP contribution is 2.38. The molecule has 1 aliphatic heterocycles. The summed E-state index contributed by atoms with van der Waals surface area (Å²) in [5, 5.41) is 0.440. The topological polar surface area (TPSA) is 46.6 Å². The molecule has 2 aromatic rings. The Morgan fingerprint density at radius 3 is 2.27 bits per heavy atom. The first-order chi connectivity index (χ1) is 12.1. The standard InChI is InChI=1S/C14H14ClNO3.C6H5F/c1-8-10-6-5-9(15)7-11(10)16(12(8)17)13(18)19-14(2,3)4;7-6-4-2-1-3-5-6/h5-7H,1H2,2-4H3;1-5H. The zero-order valence-electron chi connectivity index (χ0n) is 14.8. The molecule has 0 unspecified atom stereocenters. The molecule has 0 saturated carbocycles. The maximum atomic E-state index is 12.1. The van der Waals surface area contributed by atoms with E-state index in [2.05, 4.69) is 6.58 Å². The fraction of sp³-hybridized carbons (Fsp3) is 0.200. The van der Waals surface area contributed by atoms with Gasteiger partial charge >= 0.3 is 6.09 Å². The highest BCUT2D eigenvalue weighted by atomic mass is 35.5. The van der Waals surface area contributed by atoms with E-state index in [0.717, 1.165) is 4.90 Å². The number of carbonyl (C=O) groups is 2. The van der Waals surface area contributed by atoms with Crippen LogP contribution in [0.2, 0.25) is 5.02 Å². The number of amides is 2. The second-order valence-electron chi connectivity index (χ2n) is 6.56. The molecule has 3 rings (SSSR count). The summed E-state index contributed by atoms with van der Waals surface area (Å²) >= 11 is 5.90. The zero-order valence-corrected chi connectivity index (χ0v) is 15.5. The molecule has 136 valence electrons. The van der Waals surface area contributed by atoms with Gasteiger partial charge in [0.2, 0.25) is 0 Å². The Kier molecular flexibility index (Phi) is 5.83. The summed E-state index contributed by atoms with van der Waals surface area (Å²) in [5.41, 5.74) is 0.592. The largest absolute Gasteiger partial charge is 0.443 e. The van der Waals surface area contributed by atoms with Gasteiger partial charge in [0.05, 0.1) is 5.69 Å². The van der Waals surface area contributed by atoms with Gasteiger partial charge in [0.1, 0.15) is 11.4 Å². The summed E-state index contributed by atoms with van der Waals surface area (Å²) in [7, 11) is 0. The molecule has 1 heterocycles. The zero-order chi connectivity index (χ0) is 19.5. The molecule has 0 radical (unpaired) electrons. The lowest BCUT2D eigenvalue weighted by atomic mass is 10.1. The molecule has 0 aliphatic carbocycles. The van der Waals surface area contributed by atoms with Gasteiger partial charge in [0.15, 0.2) is 0 Å². The van der Waals surface area contributed by atoms with Crippen molar-refractivity contribution >= 4 is 34.9 Å². The van der Waals surface area contributed by atoms with E-state index in [1.807, 2.05) is 0 Å². The van der Waals surface area contributed by atoms with Crippen molar-refractivity contribution in [3.8, 4) is 0 Å². The number of hydrogen-bond donors (Lipinski definition) is 0. The van der Waals surface area contributed by atoms with Crippen LogP contribution in [0.15, 0.2) is 55.1 Å². The number of carbonyl (C=O) groups excluding carboxylic acids is 2. The van der Waals surface area contributed by atoms with Gasteiger partial charge in [0, 0.05) is 16.2 Å². The lowest BCUT2D eigenvalue weighted by molar-refractivity contribution is -0.112. The van der Waals surface area contributed by atoms with Crippen molar-refractivity contribution < 1.29 is 18.7 Å². The highest BCUT2D eigenvalue weighted by molar-refractivity contribution is 6.39. The number of anilines is 1. The van der Waals surface area contributed by atoms with Gasteiger partial charge in [-0.25, -0.2) is 14.1 Å². The van der Waals surface area contributed by atoms with Crippen LogP contribution in [0.4, 0.5) is 14.9 Å². The third-order valence-corrected chi connectivity index (χ3v) is 3.53. The molecule has 0 saturated heterocycles. The number of hydrogen-bond acceptors (Lipinski definition) is 3. The number of imide groups is 1. The summed E-state index contributed by atoms with van der Waals surface area (Å²) in [4.78, 5) is 25.1. The van der Waals surface area contributed by atoms with Crippen LogP contribution in [0.3, 0.4) is 0 Å². The van der Waals surface area contributed by atoms with Crippen LogP contribution in [-0.4, -0.2) is 17.6 Å². The van der Waals surface area contributed by atoms with Crippen molar-refractivity contribution in [2.45, 2.75) is 26.4 Å².